The van der Waals surface area contributed by atoms with Crippen LogP contribution in [0, 0.1) is 17.3 Å². The van der Waals surface area contributed by atoms with Crippen LogP contribution in [-0.4, -0.2) is 60.6 Å². The third-order valence-electron chi connectivity index (χ3n) is 9.51. The number of ether oxygens (including phenoxy) is 5. The molecule has 0 radical (unpaired) electrons. The van der Waals surface area contributed by atoms with Crippen LogP contribution in [0.15, 0.2) is 11.1 Å². The average Bonchev–Trinajstić information content (AvgIpc) is 3.59. The van der Waals surface area contributed by atoms with Crippen molar-refractivity contribution in [3.63, 3.8) is 0 Å². The highest BCUT2D eigenvalue weighted by Gasteiger charge is 3.00. The van der Waals surface area contributed by atoms with Crippen LogP contribution in [0.3, 0.4) is 0 Å². The molecule has 5 fully saturated rings. The van der Waals surface area contributed by atoms with E-state index in [4.69, 9.17) is 23.7 Å². The van der Waals surface area contributed by atoms with Crippen molar-refractivity contribution in [1.29, 1.82) is 0 Å². The summed E-state index contributed by atoms with van der Waals surface area (Å²) >= 11 is 0. The summed E-state index contributed by atoms with van der Waals surface area (Å²) in [6.07, 6.45) is 0.891. The number of hydrogen-bond acceptors (Lipinski definition) is 10. The molecule has 0 aromatic rings. The summed E-state index contributed by atoms with van der Waals surface area (Å²) in [5.74, 6) is -0.0707. The molecule has 0 aromatic heterocycles. The van der Waals surface area contributed by atoms with Crippen molar-refractivity contribution in [2.75, 3.05) is 13.4 Å². The van der Waals surface area contributed by atoms with Gasteiger partial charge in [0.1, 0.15) is 36.1 Å². The number of rotatable bonds is 5. The lowest BCUT2D eigenvalue weighted by atomic mass is 9.46. The Kier molecular flexibility index (Phi) is 3.65. The zero-order valence-corrected chi connectivity index (χ0v) is 18.9. The maximum absolute atomic E-state index is 12.2. The Bertz CT molecular complexity index is 1020. The molecule has 0 N–H and O–H groups in total. The van der Waals surface area contributed by atoms with Crippen LogP contribution in [0.2, 0.25) is 0 Å². The smallest absolute Gasteiger partial charge is 0.334 e. The molecular formula is C21H25O10P-2. The fraction of sp³-hybridized carbons (Fsp3) is 0.857. The van der Waals surface area contributed by atoms with Crippen LogP contribution in [0.5, 0.6) is 0 Å². The van der Waals surface area contributed by atoms with Gasteiger partial charge in [0.15, 0.2) is 12.4 Å². The van der Waals surface area contributed by atoms with Crippen LogP contribution in [0.1, 0.15) is 40.0 Å². The van der Waals surface area contributed by atoms with Gasteiger partial charge in [-0.2, -0.15) is 0 Å². The van der Waals surface area contributed by atoms with E-state index >= 15 is 0 Å². The van der Waals surface area contributed by atoms with Gasteiger partial charge in [-0.05, 0) is 36.7 Å². The molecule has 4 heterocycles. The molecule has 0 unspecified atom stereocenters. The maximum atomic E-state index is 12.2. The van der Waals surface area contributed by atoms with Gasteiger partial charge in [0, 0.05) is 11.0 Å². The summed E-state index contributed by atoms with van der Waals surface area (Å²) in [6, 6.07) is 0. The van der Waals surface area contributed by atoms with Crippen molar-refractivity contribution in [3.05, 3.63) is 11.1 Å². The second-order valence-corrected chi connectivity index (χ2v) is 11.9. The zero-order chi connectivity index (χ0) is 22.5. The second kappa shape index (κ2) is 5.69. The molecule has 2 saturated carbocycles. The number of epoxide rings is 3. The predicted octanol–water partition coefficient (Wildman–Crippen LogP) is -0.0698. The Morgan fingerprint density at radius 1 is 1.22 bits per heavy atom. The minimum absolute atomic E-state index is 0.0530. The highest BCUT2D eigenvalue weighted by molar-refractivity contribution is 7.43. The van der Waals surface area contributed by atoms with Gasteiger partial charge in [0.05, 0.1) is 13.9 Å². The van der Waals surface area contributed by atoms with Crippen molar-refractivity contribution in [3.8, 4) is 0 Å². The fourth-order valence-electron chi connectivity index (χ4n) is 8.08. The standard InChI is InChI=1S/C21H27O10P/c1-9(2)19-14(30-19)15-21(31-15)18(3)5-4-10-11(7-26-16(10)22)12(18)6-13-20(21,29-13)17(19)27-8-28-32(23,24)25/h9,12-15,17H,4-8H2,1-3H3,(H2,23,24,25)/p-2/t12-,13-,14-,15-,17+,18-,19-,20+,21+/m0/s1. The molecule has 11 heteroatoms. The van der Waals surface area contributed by atoms with E-state index in [1.807, 2.05) is 13.8 Å². The van der Waals surface area contributed by atoms with Crippen molar-refractivity contribution in [2.45, 2.75) is 81.3 Å². The van der Waals surface area contributed by atoms with Crippen molar-refractivity contribution in [2.24, 2.45) is 17.3 Å². The van der Waals surface area contributed by atoms with E-state index in [2.05, 4.69) is 11.4 Å². The van der Waals surface area contributed by atoms with Crippen LogP contribution >= 0.6 is 7.82 Å². The largest absolute Gasteiger partial charge is 0.790 e. The first-order valence-corrected chi connectivity index (χ1v) is 12.7. The van der Waals surface area contributed by atoms with Gasteiger partial charge in [-0.25, -0.2) is 4.79 Å². The molecule has 2 spiro atoms. The number of carbonyl (C=O) groups is 1. The predicted molar refractivity (Wildman–Crippen MR) is 99.5 cm³/mol. The minimum Gasteiger partial charge on any atom is -0.790 e. The lowest BCUT2D eigenvalue weighted by Crippen LogP contribution is -2.69. The van der Waals surface area contributed by atoms with E-state index < -0.39 is 37.5 Å². The molecule has 9 atom stereocenters. The zero-order valence-electron chi connectivity index (χ0n) is 18.0. The SMILES string of the molecule is CC(C)[C@]12O[C@H]1[C@@H]1O[C@]13[C@]1(O[C@H]1C[C@H]1C4=C(CC[C@@]13C)C(=O)OC4)[C@@H]2OCOP(=O)([O-])[O-]. The molecule has 0 bridgehead atoms. The van der Waals surface area contributed by atoms with Crippen molar-refractivity contribution in [1.82, 2.24) is 0 Å². The highest BCUT2D eigenvalue weighted by atomic mass is 31.2. The summed E-state index contributed by atoms with van der Waals surface area (Å²) in [4.78, 5) is 34.3. The molecule has 4 aliphatic heterocycles. The molecule has 7 aliphatic rings. The Morgan fingerprint density at radius 2 is 2.00 bits per heavy atom. The summed E-state index contributed by atoms with van der Waals surface area (Å²) in [5.41, 5.74) is -0.615. The first-order valence-electron chi connectivity index (χ1n) is 11.2. The van der Waals surface area contributed by atoms with Gasteiger partial charge >= 0.3 is 5.97 Å². The van der Waals surface area contributed by atoms with Crippen LogP contribution in [-0.2, 0) is 37.6 Å². The maximum Gasteiger partial charge on any atom is 0.334 e. The highest BCUT2D eigenvalue weighted by Crippen LogP contribution is 2.83. The lowest BCUT2D eigenvalue weighted by Gasteiger charge is -2.54. The Morgan fingerprint density at radius 3 is 2.72 bits per heavy atom. The molecule has 7 rings (SSSR count). The minimum atomic E-state index is -5.18. The van der Waals surface area contributed by atoms with E-state index in [9.17, 15) is 19.1 Å². The Hall–Kier alpha value is -0.840. The normalized spacial score (nSPS) is 54.1. The van der Waals surface area contributed by atoms with E-state index in [1.54, 1.807) is 0 Å². The summed E-state index contributed by atoms with van der Waals surface area (Å²) in [7, 11) is -5.18. The molecular weight excluding hydrogens is 443 g/mol. The van der Waals surface area contributed by atoms with Crippen LogP contribution in [0.4, 0.5) is 0 Å². The van der Waals surface area contributed by atoms with Gasteiger partial charge in [-0.1, -0.05) is 20.8 Å². The van der Waals surface area contributed by atoms with Crippen molar-refractivity contribution >= 4 is 13.8 Å². The molecule has 10 nitrogen and oxygen atoms in total. The fourth-order valence-corrected chi connectivity index (χ4v) is 8.27. The third-order valence-corrected chi connectivity index (χ3v) is 9.93. The number of cyclic esters (lactones) is 1. The lowest BCUT2D eigenvalue weighted by molar-refractivity contribution is -0.348. The number of esters is 1. The molecule has 3 saturated heterocycles. The number of hydrogen-bond donors (Lipinski definition) is 0. The van der Waals surface area contributed by atoms with Gasteiger partial charge in [-0.15, -0.1) is 0 Å². The molecule has 0 amide bonds. The number of phosphoric acid groups is 1. The molecule has 3 aliphatic carbocycles. The third kappa shape index (κ3) is 2.05. The van der Waals surface area contributed by atoms with E-state index in [0.717, 1.165) is 17.6 Å². The molecule has 176 valence electrons. The van der Waals surface area contributed by atoms with E-state index in [1.165, 1.54) is 0 Å². The summed E-state index contributed by atoms with van der Waals surface area (Å²) in [6.45, 7) is 5.89. The van der Waals surface area contributed by atoms with E-state index in [-0.39, 0.29) is 41.5 Å². The molecule has 0 aromatic carbocycles. The number of fused-ring (bicyclic) bond motifs is 4. The average molecular weight is 468 g/mol. The monoisotopic (exact) mass is 468 g/mol. The van der Waals surface area contributed by atoms with Gasteiger partial charge in [0.25, 0.3) is 0 Å². The Labute approximate surface area is 184 Å². The summed E-state index contributed by atoms with van der Waals surface area (Å²) in [5, 5.41) is 0. The summed E-state index contributed by atoms with van der Waals surface area (Å²) < 4.78 is 46.1. The quantitative estimate of drug-likeness (QED) is 0.233. The first kappa shape index (κ1) is 20.5. The first-order chi connectivity index (χ1) is 15.0. The van der Waals surface area contributed by atoms with Gasteiger partial charge in [0.2, 0.25) is 0 Å². The van der Waals surface area contributed by atoms with Crippen LogP contribution in [0.25, 0.3) is 0 Å². The topological polar surface area (TPSA) is 146 Å². The van der Waals surface area contributed by atoms with E-state index in [0.29, 0.717) is 19.4 Å². The number of carbonyl (C=O) groups excluding carboxylic acids is 1. The van der Waals surface area contributed by atoms with Crippen LogP contribution < -0.4 is 9.79 Å². The van der Waals surface area contributed by atoms with Crippen molar-refractivity contribution < 1.29 is 47.4 Å². The molecule has 32 heavy (non-hydrogen) atoms. The number of phosphoric ester groups is 1. The van der Waals surface area contributed by atoms with Gasteiger partial charge in [-0.3, -0.25) is 0 Å². The van der Waals surface area contributed by atoms with Gasteiger partial charge < -0.3 is 42.6 Å². The Balaban J connectivity index is 1.30. The second-order valence-electron chi connectivity index (χ2n) is 10.7.